The van der Waals surface area contributed by atoms with Crippen molar-refractivity contribution in [2.45, 2.75) is 18.9 Å². The van der Waals surface area contributed by atoms with Crippen LogP contribution in [-0.2, 0) is 0 Å². The normalized spacial score (nSPS) is 24.7. The SMILES string of the molecule is CN1CCC(N(C)CCC#N)C1. The molecule has 0 saturated carbocycles. The first-order valence-electron chi connectivity index (χ1n) is 4.49. The zero-order valence-corrected chi connectivity index (χ0v) is 7.95. The lowest BCUT2D eigenvalue weighted by molar-refractivity contribution is 0.246. The van der Waals surface area contributed by atoms with Crippen molar-refractivity contribution in [2.24, 2.45) is 0 Å². The van der Waals surface area contributed by atoms with E-state index in [9.17, 15) is 0 Å². The largest absolute Gasteiger partial charge is 0.305 e. The predicted octanol–water partition coefficient (Wildman–Crippen LogP) is 0.536. The third kappa shape index (κ3) is 2.47. The molecule has 0 spiro atoms. The Morgan fingerprint density at radius 3 is 2.92 bits per heavy atom. The minimum Gasteiger partial charge on any atom is -0.305 e. The fourth-order valence-corrected chi connectivity index (χ4v) is 1.68. The highest BCUT2D eigenvalue weighted by atomic mass is 15.2. The second kappa shape index (κ2) is 4.44. The second-order valence-corrected chi connectivity index (χ2v) is 3.59. The van der Waals surface area contributed by atoms with Crippen LogP contribution >= 0.6 is 0 Å². The van der Waals surface area contributed by atoms with Crippen molar-refractivity contribution in [3.8, 4) is 6.07 Å². The van der Waals surface area contributed by atoms with E-state index in [-0.39, 0.29) is 0 Å². The van der Waals surface area contributed by atoms with Crippen LogP contribution in [0.2, 0.25) is 0 Å². The molecule has 0 aromatic heterocycles. The van der Waals surface area contributed by atoms with Crippen molar-refractivity contribution in [2.75, 3.05) is 33.7 Å². The Morgan fingerprint density at radius 2 is 2.42 bits per heavy atom. The Balaban J connectivity index is 2.24. The van der Waals surface area contributed by atoms with Crippen LogP contribution in [0.1, 0.15) is 12.8 Å². The maximum atomic E-state index is 8.42. The van der Waals surface area contributed by atoms with E-state index in [0.29, 0.717) is 12.5 Å². The van der Waals surface area contributed by atoms with Gasteiger partial charge in [-0.3, -0.25) is 0 Å². The van der Waals surface area contributed by atoms with E-state index < -0.39 is 0 Å². The Hall–Kier alpha value is -0.590. The van der Waals surface area contributed by atoms with Crippen molar-refractivity contribution in [1.82, 2.24) is 9.80 Å². The summed E-state index contributed by atoms with van der Waals surface area (Å²) in [5.41, 5.74) is 0. The molecule has 12 heavy (non-hydrogen) atoms. The average Bonchev–Trinajstić information content (AvgIpc) is 2.47. The predicted molar refractivity (Wildman–Crippen MR) is 48.8 cm³/mol. The van der Waals surface area contributed by atoms with Crippen LogP contribution in [0.3, 0.4) is 0 Å². The summed E-state index contributed by atoms with van der Waals surface area (Å²) >= 11 is 0. The average molecular weight is 167 g/mol. The van der Waals surface area contributed by atoms with Crippen molar-refractivity contribution in [3.05, 3.63) is 0 Å². The molecular formula is C9H17N3. The molecule has 1 saturated heterocycles. The van der Waals surface area contributed by atoms with E-state index in [0.717, 1.165) is 13.1 Å². The zero-order valence-electron chi connectivity index (χ0n) is 7.95. The van der Waals surface area contributed by atoms with Gasteiger partial charge in [0.25, 0.3) is 0 Å². The third-order valence-electron chi connectivity index (χ3n) is 2.57. The van der Waals surface area contributed by atoms with Gasteiger partial charge < -0.3 is 9.80 Å². The molecule has 3 nitrogen and oxygen atoms in total. The second-order valence-electron chi connectivity index (χ2n) is 3.59. The summed E-state index contributed by atoms with van der Waals surface area (Å²) in [6, 6.07) is 2.85. The van der Waals surface area contributed by atoms with E-state index in [1.54, 1.807) is 0 Å². The van der Waals surface area contributed by atoms with Crippen LogP contribution < -0.4 is 0 Å². The molecule has 0 N–H and O–H groups in total. The molecule has 0 radical (unpaired) electrons. The third-order valence-corrected chi connectivity index (χ3v) is 2.57. The highest BCUT2D eigenvalue weighted by Crippen LogP contribution is 2.12. The molecule has 0 amide bonds. The van der Waals surface area contributed by atoms with E-state index in [4.69, 9.17) is 5.26 Å². The summed E-state index contributed by atoms with van der Waals surface area (Å²) < 4.78 is 0. The lowest BCUT2D eigenvalue weighted by Crippen LogP contribution is -2.34. The monoisotopic (exact) mass is 167 g/mol. The first kappa shape index (κ1) is 9.50. The Labute approximate surface area is 74.6 Å². The summed E-state index contributed by atoms with van der Waals surface area (Å²) in [7, 11) is 4.26. The molecule has 1 aliphatic rings. The molecule has 1 unspecified atom stereocenters. The molecule has 1 fully saturated rings. The van der Waals surface area contributed by atoms with E-state index >= 15 is 0 Å². The molecule has 0 aromatic rings. The Kier molecular flexibility index (Phi) is 3.51. The van der Waals surface area contributed by atoms with Gasteiger partial charge in [0, 0.05) is 25.6 Å². The summed E-state index contributed by atoms with van der Waals surface area (Å²) in [5.74, 6) is 0. The first-order chi connectivity index (χ1) is 5.74. The molecule has 0 aromatic carbocycles. The maximum Gasteiger partial charge on any atom is 0.0635 e. The maximum absolute atomic E-state index is 8.42. The van der Waals surface area contributed by atoms with Crippen molar-refractivity contribution >= 4 is 0 Å². The van der Waals surface area contributed by atoms with Gasteiger partial charge in [0.2, 0.25) is 0 Å². The summed E-state index contributed by atoms with van der Waals surface area (Å²) in [5, 5.41) is 8.42. The summed E-state index contributed by atoms with van der Waals surface area (Å²) in [4.78, 5) is 4.64. The Bertz CT molecular complexity index is 173. The molecule has 68 valence electrons. The number of nitriles is 1. The van der Waals surface area contributed by atoms with Crippen LogP contribution in [0.25, 0.3) is 0 Å². The fraction of sp³-hybridized carbons (Fsp3) is 0.889. The first-order valence-corrected chi connectivity index (χ1v) is 4.49. The smallest absolute Gasteiger partial charge is 0.0635 e. The van der Waals surface area contributed by atoms with Gasteiger partial charge in [0.05, 0.1) is 6.07 Å². The number of likely N-dealkylation sites (N-methyl/N-ethyl adjacent to an activating group) is 2. The van der Waals surface area contributed by atoms with Gasteiger partial charge in [0.1, 0.15) is 0 Å². The topological polar surface area (TPSA) is 30.3 Å². The van der Waals surface area contributed by atoms with Crippen molar-refractivity contribution in [1.29, 1.82) is 5.26 Å². The van der Waals surface area contributed by atoms with Crippen molar-refractivity contribution < 1.29 is 0 Å². The minimum atomic E-state index is 0.650. The number of hydrogen-bond acceptors (Lipinski definition) is 3. The minimum absolute atomic E-state index is 0.650. The number of nitrogens with zero attached hydrogens (tertiary/aromatic N) is 3. The standard InChI is InChI=1S/C9H17N3/c1-11-7-4-9(8-11)12(2)6-3-5-10/h9H,3-4,6-8H2,1-2H3. The highest BCUT2D eigenvalue weighted by molar-refractivity contribution is 4.82. The van der Waals surface area contributed by atoms with Crippen LogP contribution in [-0.4, -0.2) is 49.6 Å². The molecule has 1 rings (SSSR count). The fourth-order valence-electron chi connectivity index (χ4n) is 1.68. The van der Waals surface area contributed by atoms with E-state index in [1.165, 1.54) is 13.0 Å². The lowest BCUT2D eigenvalue weighted by atomic mass is 10.2. The van der Waals surface area contributed by atoms with Gasteiger partial charge in [0.15, 0.2) is 0 Å². The van der Waals surface area contributed by atoms with Crippen LogP contribution in [0, 0.1) is 11.3 Å². The molecule has 1 heterocycles. The Morgan fingerprint density at radius 1 is 1.67 bits per heavy atom. The van der Waals surface area contributed by atoms with Gasteiger partial charge >= 0.3 is 0 Å². The highest BCUT2D eigenvalue weighted by Gasteiger charge is 2.22. The number of rotatable bonds is 3. The summed E-state index contributed by atoms with van der Waals surface area (Å²) in [6.45, 7) is 3.26. The van der Waals surface area contributed by atoms with Gasteiger partial charge in [-0.05, 0) is 27.1 Å². The summed E-state index contributed by atoms with van der Waals surface area (Å²) in [6.07, 6.45) is 1.90. The van der Waals surface area contributed by atoms with Crippen LogP contribution in [0.4, 0.5) is 0 Å². The number of hydrogen-bond donors (Lipinski definition) is 0. The van der Waals surface area contributed by atoms with Gasteiger partial charge in [-0.25, -0.2) is 0 Å². The van der Waals surface area contributed by atoms with E-state index in [2.05, 4.69) is 30.0 Å². The molecule has 0 bridgehead atoms. The molecule has 0 aliphatic carbocycles. The van der Waals surface area contributed by atoms with E-state index in [1.807, 2.05) is 0 Å². The van der Waals surface area contributed by atoms with Crippen LogP contribution in [0.15, 0.2) is 0 Å². The number of likely N-dealkylation sites (tertiary alicyclic amines) is 1. The molecule has 1 aliphatic heterocycles. The molecule has 3 heteroatoms. The van der Waals surface area contributed by atoms with Gasteiger partial charge in [-0.1, -0.05) is 0 Å². The quantitative estimate of drug-likeness (QED) is 0.614. The zero-order chi connectivity index (χ0) is 8.97. The van der Waals surface area contributed by atoms with Crippen LogP contribution in [0.5, 0.6) is 0 Å². The van der Waals surface area contributed by atoms with Crippen molar-refractivity contribution in [3.63, 3.8) is 0 Å². The molecule has 1 atom stereocenters. The molecular weight excluding hydrogens is 150 g/mol. The lowest BCUT2D eigenvalue weighted by Gasteiger charge is -2.22. The van der Waals surface area contributed by atoms with Gasteiger partial charge in [-0.2, -0.15) is 5.26 Å². The van der Waals surface area contributed by atoms with Gasteiger partial charge in [-0.15, -0.1) is 0 Å².